The number of aromatic nitrogens is 3. The molecule has 2 heterocycles. The van der Waals surface area contributed by atoms with Gasteiger partial charge in [-0.2, -0.15) is 15.0 Å². The molecule has 1 aromatic rings. The maximum absolute atomic E-state index is 5.30. The molecule has 1 saturated heterocycles. The normalized spacial score (nSPS) is 14.6. The summed E-state index contributed by atoms with van der Waals surface area (Å²) in [5, 5.41) is 6.34. The molecular formula is C13H24N6O. The maximum atomic E-state index is 5.30. The van der Waals surface area contributed by atoms with E-state index in [1.807, 2.05) is 13.8 Å². The average molecular weight is 280 g/mol. The molecule has 0 bridgehead atoms. The van der Waals surface area contributed by atoms with Crippen LogP contribution in [0.3, 0.4) is 0 Å². The minimum Gasteiger partial charge on any atom is -0.380 e. The van der Waals surface area contributed by atoms with Crippen LogP contribution >= 0.6 is 0 Å². The zero-order valence-electron chi connectivity index (χ0n) is 12.4. The fourth-order valence-corrected chi connectivity index (χ4v) is 2.12. The molecule has 2 N–H and O–H groups in total. The van der Waals surface area contributed by atoms with E-state index < -0.39 is 0 Å². The van der Waals surface area contributed by atoms with E-state index in [1.165, 1.54) is 12.8 Å². The molecule has 0 unspecified atom stereocenters. The first-order valence-electron chi connectivity index (χ1n) is 7.40. The molecule has 1 aliphatic heterocycles. The van der Waals surface area contributed by atoms with Gasteiger partial charge in [-0.15, -0.1) is 0 Å². The van der Waals surface area contributed by atoms with E-state index in [0.29, 0.717) is 25.0 Å². The second-order valence-corrected chi connectivity index (χ2v) is 4.63. The average Bonchev–Trinajstić information content (AvgIpc) is 2.98. The zero-order valence-corrected chi connectivity index (χ0v) is 12.4. The van der Waals surface area contributed by atoms with Gasteiger partial charge in [-0.05, 0) is 26.7 Å². The SMILES string of the molecule is CCNc1nc(NCCOCC)nc(N2CCCC2)n1. The maximum Gasteiger partial charge on any atom is 0.231 e. The van der Waals surface area contributed by atoms with Crippen LogP contribution < -0.4 is 15.5 Å². The Labute approximate surface area is 120 Å². The molecule has 20 heavy (non-hydrogen) atoms. The Balaban J connectivity index is 2.04. The summed E-state index contributed by atoms with van der Waals surface area (Å²) in [6.45, 7) is 8.92. The highest BCUT2D eigenvalue weighted by molar-refractivity contribution is 5.44. The van der Waals surface area contributed by atoms with Crippen molar-refractivity contribution in [3.05, 3.63) is 0 Å². The highest BCUT2D eigenvalue weighted by atomic mass is 16.5. The highest BCUT2D eigenvalue weighted by Crippen LogP contribution is 2.18. The fraction of sp³-hybridized carbons (Fsp3) is 0.769. The van der Waals surface area contributed by atoms with Crippen molar-refractivity contribution in [2.24, 2.45) is 0 Å². The van der Waals surface area contributed by atoms with Crippen molar-refractivity contribution in [1.29, 1.82) is 0 Å². The summed E-state index contributed by atoms with van der Waals surface area (Å²) in [6.07, 6.45) is 2.41. The first-order chi connectivity index (χ1) is 9.83. The summed E-state index contributed by atoms with van der Waals surface area (Å²) in [4.78, 5) is 15.5. The minimum absolute atomic E-state index is 0.609. The molecule has 2 rings (SSSR count). The largest absolute Gasteiger partial charge is 0.380 e. The van der Waals surface area contributed by atoms with Gasteiger partial charge in [-0.25, -0.2) is 0 Å². The third-order valence-electron chi connectivity index (χ3n) is 3.08. The van der Waals surface area contributed by atoms with Gasteiger partial charge in [0.1, 0.15) is 0 Å². The predicted molar refractivity (Wildman–Crippen MR) is 80.4 cm³/mol. The van der Waals surface area contributed by atoms with Gasteiger partial charge >= 0.3 is 0 Å². The van der Waals surface area contributed by atoms with Gasteiger partial charge in [-0.1, -0.05) is 0 Å². The van der Waals surface area contributed by atoms with Crippen LogP contribution in [0.15, 0.2) is 0 Å². The lowest BCUT2D eigenvalue weighted by atomic mass is 10.4. The molecule has 0 spiro atoms. The van der Waals surface area contributed by atoms with Crippen LogP contribution in [0, 0.1) is 0 Å². The smallest absolute Gasteiger partial charge is 0.231 e. The molecule has 0 saturated carbocycles. The standard InChI is InChI=1S/C13H24N6O/c1-3-14-11-16-12(15-7-10-20-4-2)18-13(17-11)19-8-5-6-9-19/h3-10H2,1-2H3,(H2,14,15,16,17,18). The van der Waals surface area contributed by atoms with Gasteiger partial charge in [0.2, 0.25) is 17.8 Å². The summed E-state index contributed by atoms with van der Waals surface area (Å²) in [6, 6.07) is 0. The van der Waals surface area contributed by atoms with Crippen molar-refractivity contribution in [1.82, 2.24) is 15.0 Å². The van der Waals surface area contributed by atoms with E-state index in [0.717, 1.165) is 32.2 Å². The molecule has 0 atom stereocenters. The van der Waals surface area contributed by atoms with Crippen LogP contribution in [-0.2, 0) is 4.74 Å². The van der Waals surface area contributed by atoms with E-state index in [2.05, 4.69) is 30.5 Å². The van der Waals surface area contributed by atoms with E-state index in [1.54, 1.807) is 0 Å². The monoisotopic (exact) mass is 280 g/mol. The van der Waals surface area contributed by atoms with Gasteiger partial charge in [0.05, 0.1) is 6.61 Å². The van der Waals surface area contributed by atoms with Crippen LogP contribution in [0.1, 0.15) is 26.7 Å². The third kappa shape index (κ3) is 4.19. The first-order valence-corrected chi connectivity index (χ1v) is 7.40. The molecule has 1 aliphatic rings. The number of nitrogens with one attached hydrogen (secondary N) is 2. The Kier molecular flexibility index (Phi) is 5.79. The lowest BCUT2D eigenvalue weighted by Crippen LogP contribution is -2.23. The molecule has 0 aliphatic carbocycles. The topological polar surface area (TPSA) is 75.2 Å². The van der Waals surface area contributed by atoms with E-state index in [4.69, 9.17) is 4.74 Å². The van der Waals surface area contributed by atoms with Gasteiger partial charge in [0, 0.05) is 32.8 Å². The molecule has 7 nitrogen and oxygen atoms in total. The molecule has 1 fully saturated rings. The number of rotatable bonds is 8. The van der Waals surface area contributed by atoms with E-state index in [9.17, 15) is 0 Å². The number of hydrogen-bond donors (Lipinski definition) is 2. The van der Waals surface area contributed by atoms with Gasteiger partial charge < -0.3 is 20.3 Å². The quantitative estimate of drug-likeness (QED) is 0.696. The second kappa shape index (κ2) is 7.84. The number of anilines is 3. The van der Waals surface area contributed by atoms with Gasteiger partial charge in [0.25, 0.3) is 0 Å². The molecule has 0 aromatic carbocycles. The summed E-state index contributed by atoms with van der Waals surface area (Å²) < 4.78 is 5.30. The lowest BCUT2D eigenvalue weighted by Gasteiger charge is -2.17. The van der Waals surface area contributed by atoms with Crippen molar-refractivity contribution in [3.63, 3.8) is 0 Å². The molecule has 0 radical (unpaired) electrons. The fourth-order valence-electron chi connectivity index (χ4n) is 2.12. The van der Waals surface area contributed by atoms with Crippen LogP contribution in [0.2, 0.25) is 0 Å². The minimum atomic E-state index is 0.609. The molecule has 0 amide bonds. The zero-order chi connectivity index (χ0) is 14.2. The Hall–Kier alpha value is -1.63. The molecular weight excluding hydrogens is 256 g/mol. The number of nitrogens with zero attached hydrogens (tertiary/aromatic N) is 4. The van der Waals surface area contributed by atoms with Crippen LogP contribution in [0.4, 0.5) is 17.8 Å². The van der Waals surface area contributed by atoms with E-state index >= 15 is 0 Å². The molecule has 112 valence electrons. The van der Waals surface area contributed by atoms with Crippen molar-refractivity contribution in [2.75, 3.05) is 54.9 Å². The van der Waals surface area contributed by atoms with Crippen molar-refractivity contribution < 1.29 is 4.74 Å². The van der Waals surface area contributed by atoms with Gasteiger partial charge in [0.15, 0.2) is 0 Å². The van der Waals surface area contributed by atoms with Crippen LogP contribution in [0.25, 0.3) is 0 Å². The second-order valence-electron chi connectivity index (χ2n) is 4.63. The Morgan fingerprint density at radius 1 is 1.05 bits per heavy atom. The third-order valence-corrected chi connectivity index (χ3v) is 3.08. The summed E-state index contributed by atoms with van der Waals surface area (Å²) in [5.74, 6) is 1.99. The summed E-state index contributed by atoms with van der Waals surface area (Å²) in [7, 11) is 0. The van der Waals surface area contributed by atoms with Crippen LogP contribution in [-0.4, -0.2) is 54.3 Å². The van der Waals surface area contributed by atoms with Gasteiger partial charge in [-0.3, -0.25) is 0 Å². The predicted octanol–water partition coefficient (Wildman–Crippen LogP) is 1.35. The van der Waals surface area contributed by atoms with Crippen LogP contribution in [0.5, 0.6) is 0 Å². The summed E-state index contributed by atoms with van der Waals surface area (Å²) >= 11 is 0. The number of ether oxygens (including phenoxy) is 1. The Morgan fingerprint density at radius 3 is 2.40 bits per heavy atom. The molecule has 7 heteroatoms. The van der Waals surface area contributed by atoms with Crippen molar-refractivity contribution in [3.8, 4) is 0 Å². The highest BCUT2D eigenvalue weighted by Gasteiger charge is 2.17. The molecule has 1 aromatic heterocycles. The lowest BCUT2D eigenvalue weighted by molar-refractivity contribution is 0.158. The first kappa shape index (κ1) is 14.8. The Morgan fingerprint density at radius 2 is 1.75 bits per heavy atom. The summed E-state index contributed by atoms with van der Waals surface area (Å²) in [5.41, 5.74) is 0. The van der Waals surface area contributed by atoms with Crippen molar-refractivity contribution >= 4 is 17.8 Å². The number of hydrogen-bond acceptors (Lipinski definition) is 7. The Bertz CT molecular complexity index is 408. The van der Waals surface area contributed by atoms with Crippen molar-refractivity contribution in [2.45, 2.75) is 26.7 Å². The van der Waals surface area contributed by atoms with E-state index in [-0.39, 0.29) is 0 Å².